The first-order valence-electron chi connectivity index (χ1n) is 9.44. The smallest absolute Gasteiger partial charge is 0.340 e. The Hall–Kier alpha value is -2.78. The molecule has 0 unspecified atom stereocenters. The number of para-hydroxylation sites is 1. The molecule has 4 rings (SSSR count). The predicted molar refractivity (Wildman–Crippen MR) is 117 cm³/mol. The Labute approximate surface area is 181 Å². The largest absolute Gasteiger partial charge is 0.462 e. The van der Waals surface area contributed by atoms with Crippen molar-refractivity contribution < 1.29 is 13.9 Å². The highest BCUT2D eigenvalue weighted by molar-refractivity contribution is 7.98. The summed E-state index contributed by atoms with van der Waals surface area (Å²) in [6.45, 7) is 7.88. The number of aryl methyl sites for hydroxylation is 3. The van der Waals surface area contributed by atoms with E-state index in [-0.39, 0.29) is 5.97 Å². The van der Waals surface area contributed by atoms with E-state index in [9.17, 15) is 4.79 Å². The van der Waals surface area contributed by atoms with Crippen molar-refractivity contribution >= 4 is 40.0 Å². The zero-order valence-electron chi connectivity index (χ0n) is 17.1. The van der Waals surface area contributed by atoms with Crippen molar-refractivity contribution in [3.63, 3.8) is 0 Å². The summed E-state index contributed by atoms with van der Waals surface area (Å²) in [4.78, 5) is 22.6. The van der Waals surface area contributed by atoms with Gasteiger partial charge < -0.3 is 9.15 Å². The number of hydrogen-bond acceptors (Lipinski definition) is 9. The third kappa shape index (κ3) is 3.95. The van der Waals surface area contributed by atoms with Gasteiger partial charge in [0.05, 0.1) is 34.1 Å². The van der Waals surface area contributed by atoms with E-state index in [0.29, 0.717) is 34.7 Å². The monoisotopic (exact) mass is 440 g/mol. The van der Waals surface area contributed by atoms with Crippen LogP contribution in [0.2, 0.25) is 0 Å². The van der Waals surface area contributed by atoms with Gasteiger partial charge in [0.15, 0.2) is 0 Å². The summed E-state index contributed by atoms with van der Waals surface area (Å²) in [7, 11) is 0. The van der Waals surface area contributed by atoms with Crippen molar-refractivity contribution in [2.45, 2.75) is 38.7 Å². The van der Waals surface area contributed by atoms with Gasteiger partial charge >= 0.3 is 5.97 Å². The summed E-state index contributed by atoms with van der Waals surface area (Å²) in [5.41, 5.74) is 3.70. The molecule has 7 nitrogen and oxygen atoms in total. The van der Waals surface area contributed by atoms with E-state index in [4.69, 9.17) is 14.1 Å². The lowest BCUT2D eigenvalue weighted by atomic mass is 10.0. The number of hydrogen-bond donors (Lipinski definition) is 0. The zero-order chi connectivity index (χ0) is 21.3. The molecule has 0 aliphatic rings. The molecule has 9 heteroatoms. The van der Waals surface area contributed by atoms with Gasteiger partial charge in [-0.3, -0.25) is 4.98 Å². The fourth-order valence-electron chi connectivity index (χ4n) is 3.24. The lowest BCUT2D eigenvalue weighted by Gasteiger charge is -2.13. The number of ether oxygens (including phenoxy) is 1. The van der Waals surface area contributed by atoms with E-state index in [1.165, 1.54) is 23.1 Å². The van der Waals surface area contributed by atoms with Crippen LogP contribution in [0.3, 0.4) is 0 Å². The van der Waals surface area contributed by atoms with Gasteiger partial charge in [-0.2, -0.15) is 0 Å². The molecule has 1 aromatic carbocycles. The fraction of sp³-hybridized carbons (Fsp3) is 0.286. The number of thioether (sulfide) groups is 1. The summed E-state index contributed by atoms with van der Waals surface area (Å²) < 4.78 is 11.1. The van der Waals surface area contributed by atoms with Gasteiger partial charge in [-0.25, -0.2) is 9.78 Å². The number of pyridine rings is 1. The van der Waals surface area contributed by atoms with Crippen molar-refractivity contribution in [2.24, 2.45) is 0 Å². The first-order valence-corrected chi connectivity index (χ1v) is 11.2. The fourth-order valence-corrected chi connectivity index (χ4v) is 4.79. The quantitative estimate of drug-likeness (QED) is 0.301. The summed E-state index contributed by atoms with van der Waals surface area (Å²) in [6, 6.07) is 7.76. The normalized spacial score (nSPS) is 11.2. The minimum atomic E-state index is -0.370. The second-order valence-electron chi connectivity index (χ2n) is 6.61. The number of esters is 1. The molecule has 3 heterocycles. The van der Waals surface area contributed by atoms with E-state index >= 15 is 0 Å². The standard InChI is InChI=1S/C21H20N4O3S2/c1-5-27-20(26)17-11(2)14-8-6-7-9-15(14)23-16(17)10-29-21-25-24-19(28-21)18-12(3)22-13(4)30-18/h6-9H,5,10H2,1-4H3. The number of thiazole rings is 1. The van der Waals surface area contributed by atoms with E-state index < -0.39 is 0 Å². The number of rotatable bonds is 6. The topological polar surface area (TPSA) is 91.0 Å². The number of nitrogens with zero attached hydrogens (tertiary/aromatic N) is 4. The average Bonchev–Trinajstić information content (AvgIpc) is 3.32. The highest BCUT2D eigenvalue weighted by atomic mass is 32.2. The van der Waals surface area contributed by atoms with Crippen molar-refractivity contribution in [2.75, 3.05) is 6.61 Å². The molecule has 4 aromatic rings. The summed E-state index contributed by atoms with van der Waals surface area (Å²) >= 11 is 2.86. The number of aromatic nitrogens is 4. The van der Waals surface area contributed by atoms with E-state index in [1.807, 2.05) is 45.0 Å². The second kappa shape index (κ2) is 8.53. The molecule has 0 amide bonds. The van der Waals surface area contributed by atoms with Gasteiger partial charge in [-0.05, 0) is 39.3 Å². The molecule has 0 saturated heterocycles. The van der Waals surface area contributed by atoms with Crippen LogP contribution in [0.1, 0.15) is 39.2 Å². The average molecular weight is 441 g/mol. The third-order valence-electron chi connectivity index (χ3n) is 4.54. The molecule has 0 fully saturated rings. The summed E-state index contributed by atoms with van der Waals surface area (Å²) in [5, 5.41) is 10.6. The summed E-state index contributed by atoms with van der Waals surface area (Å²) in [5.74, 6) is 0.488. The molecule has 0 atom stereocenters. The highest BCUT2D eigenvalue weighted by Gasteiger charge is 2.21. The molecule has 0 bridgehead atoms. The van der Waals surface area contributed by atoms with E-state index in [2.05, 4.69) is 15.2 Å². The Kier molecular flexibility index (Phi) is 5.83. The Morgan fingerprint density at radius 1 is 1.17 bits per heavy atom. The second-order valence-corrected chi connectivity index (χ2v) is 8.74. The van der Waals surface area contributed by atoms with Crippen LogP contribution in [0.5, 0.6) is 0 Å². The van der Waals surface area contributed by atoms with Crippen LogP contribution in [0, 0.1) is 20.8 Å². The van der Waals surface area contributed by atoms with Crippen molar-refractivity contribution in [3.05, 3.63) is 51.8 Å². The SMILES string of the molecule is CCOC(=O)c1c(CSc2nnc(-c3sc(C)nc3C)o2)nc2ccccc2c1C. The van der Waals surface area contributed by atoms with Crippen molar-refractivity contribution in [1.82, 2.24) is 20.2 Å². The molecular formula is C21H20N4O3S2. The molecule has 154 valence electrons. The number of carbonyl (C=O) groups is 1. The van der Waals surface area contributed by atoms with Crippen LogP contribution < -0.4 is 0 Å². The highest BCUT2D eigenvalue weighted by Crippen LogP contribution is 2.32. The van der Waals surface area contributed by atoms with Gasteiger partial charge in [0.2, 0.25) is 0 Å². The Morgan fingerprint density at radius 3 is 2.70 bits per heavy atom. The van der Waals surface area contributed by atoms with Crippen LogP contribution in [0.4, 0.5) is 0 Å². The molecule has 0 aliphatic heterocycles. The number of carbonyl (C=O) groups excluding carboxylic acids is 1. The van der Waals surface area contributed by atoms with Crippen LogP contribution in [0.15, 0.2) is 33.9 Å². The molecular weight excluding hydrogens is 420 g/mol. The first-order chi connectivity index (χ1) is 14.5. The minimum absolute atomic E-state index is 0.304. The maximum Gasteiger partial charge on any atom is 0.340 e. The van der Waals surface area contributed by atoms with E-state index in [1.54, 1.807) is 6.92 Å². The molecule has 0 spiro atoms. The molecule has 0 N–H and O–H groups in total. The lowest BCUT2D eigenvalue weighted by molar-refractivity contribution is 0.0524. The van der Waals surface area contributed by atoms with Gasteiger partial charge in [-0.1, -0.05) is 30.0 Å². The Bertz CT molecular complexity index is 1230. The molecule has 0 aliphatic carbocycles. The van der Waals surface area contributed by atoms with Gasteiger partial charge in [0, 0.05) is 11.1 Å². The maximum atomic E-state index is 12.6. The number of fused-ring (bicyclic) bond motifs is 1. The molecule has 3 aromatic heterocycles. The summed E-state index contributed by atoms with van der Waals surface area (Å²) in [6.07, 6.45) is 0. The molecule has 0 saturated carbocycles. The Morgan fingerprint density at radius 2 is 1.97 bits per heavy atom. The first kappa shape index (κ1) is 20.5. The van der Waals surface area contributed by atoms with Crippen LogP contribution in [-0.4, -0.2) is 32.7 Å². The van der Waals surface area contributed by atoms with Crippen LogP contribution in [0.25, 0.3) is 21.7 Å². The third-order valence-corrected chi connectivity index (χ3v) is 6.43. The van der Waals surface area contributed by atoms with Crippen LogP contribution >= 0.6 is 23.1 Å². The number of benzene rings is 1. The molecule has 30 heavy (non-hydrogen) atoms. The van der Waals surface area contributed by atoms with Crippen molar-refractivity contribution in [3.8, 4) is 10.8 Å². The van der Waals surface area contributed by atoms with E-state index in [0.717, 1.165) is 32.0 Å². The lowest BCUT2D eigenvalue weighted by Crippen LogP contribution is -2.12. The van der Waals surface area contributed by atoms with Crippen molar-refractivity contribution in [1.29, 1.82) is 0 Å². The van der Waals surface area contributed by atoms with Gasteiger partial charge in [0.25, 0.3) is 11.1 Å². The zero-order valence-corrected chi connectivity index (χ0v) is 18.7. The molecule has 0 radical (unpaired) electrons. The van der Waals surface area contributed by atoms with Gasteiger partial charge in [0.1, 0.15) is 4.88 Å². The maximum absolute atomic E-state index is 12.6. The van der Waals surface area contributed by atoms with Gasteiger partial charge in [-0.15, -0.1) is 21.5 Å². The Balaban J connectivity index is 1.64. The van der Waals surface area contributed by atoms with Crippen LogP contribution in [-0.2, 0) is 10.5 Å². The predicted octanol–water partition coefficient (Wildman–Crippen LogP) is 5.14. The minimum Gasteiger partial charge on any atom is -0.462 e.